The zero-order chi connectivity index (χ0) is 17.5. The summed E-state index contributed by atoms with van der Waals surface area (Å²) >= 11 is 0. The van der Waals surface area contributed by atoms with Crippen molar-refractivity contribution < 1.29 is 13.0 Å². The van der Waals surface area contributed by atoms with E-state index in [1.165, 1.54) is 0 Å². The molecule has 0 saturated carbocycles. The van der Waals surface area contributed by atoms with Crippen molar-refractivity contribution in [3.8, 4) is 0 Å². The predicted molar refractivity (Wildman–Crippen MR) is 96.0 cm³/mol. The molecule has 3 nitrogen and oxygen atoms in total. The Kier molecular flexibility index (Phi) is 4.88. The summed E-state index contributed by atoms with van der Waals surface area (Å²) in [5, 5.41) is 1.47. The van der Waals surface area contributed by atoms with Gasteiger partial charge in [0, 0.05) is 5.39 Å². The van der Waals surface area contributed by atoms with Crippen molar-refractivity contribution in [2.24, 2.45) is 0 Å². The maximum atomic E-state index is 12.2. The molecule has 0 aromatic heterocycles. The number of hydrogen-bond acceptors (Lipinski definition) is 2. The third-order valence-electron chi connectivity index (χ3n) is 4.31. The average molecular weight is 334 g/mol. The maximum absolute atomic E-state index is 12.2. The molecule has 23 heavy (non-hydrogen) atoms. The summed E-state index contributed by atoms with van der Waals surface area (Å²) in [6, 6.07) is 7.95. The largest absolute Gasteiger partial charge is 0.295 e. The first-order valence-electron chi connectivity index (χ1n) is 8.12. The molecule has 2 rings (SSSR count). The molecule has 0 unspecified atom stereocenters. The molecule has 0 amide bonds. The van der Waals surface area contributed by atoms with Crippen LogP contribution in [0, 0.1) is 0 Å². The van der Waals surface area contributed by atoms with Crippen LogP contribution in [0.25, 0.3) is 10.8 Å². The molecule has 126 valence electrons. The molecule has 0 fully saturated rings. The lowest BCUT2D eigenvalue weighted by molar-refractivity contribution is 0.482. The molecule has 0 spiro atoms. The molecule has 0 aliphatic carbocycles. The zero-order valence-corrected chi connectivity index (χ0v) is 15.5. The quantitative estimate of drug-likeness (QED) is 0.756. The summed E-state index contributed by atoms with van der Waals surface area (Å²) in [5.74, 6) is 0.486. The van der Waals surface area contributed by atoms with Crippen molar-refractivity contribution >= 4 is 20.9 Å². The van der Waals surface area contributed by atoms with E-state index in [2.05, 4.69) is 19.9 Å². The summed E-state index contributed by atoms with van der Waals surface area (Å²) in [6.07, 6.45) is 0. The number of fused-ring (bicyclic) bond motifs is 1. The molecule has 2 aromatic carbocycles. The molecule has 0 aliphatic rings. The second-order valence-electron chi connectivity index (χ2n) is 7.13. The molecule has 0 bridgehead atoms. The Morgan fingerprint density at radius 2 is 1.48 bits per heavy atom. The predicted octanol–water partition coefficient (Wildman–Crippen LogP) is 5.46. The van der Waals surface area contributed by atoms with Gasteiger partial charge in [-0.3, -0.25) is 4.55 Å². The fourth-order valence-corrected chi connectivity index (χ4v) is 4.21. The van der Waals surface area contributed by atoms with Crippen molar-refractivity contribution in [3.63, 3.8) is 0 Å². The van der Waals surface area contributed by atoms with Crippen LogP contribution < -0.4 is 0 Å². The first kappa shape index (κ1) is 18.0. The minimum atomic E-state index is -4.30. The number of benzene rings is 2. The Bertz CT molecular complexity index is 831. The van der Waals surface area contributed by atoms with Crippen LogP contribution in [0.5, 0.6) is 0 Å². The van der Waals surface area contributed by atoms with E-state index in [1.807, 2.05) is 45.9 Å². The lowest BCUT2D eigenvalue weighted by Gasteiger charge is -2.22. The van der Waals surface area contributed by atoms with Gasteiger partial charge in [0.15, 0.2) is 0 Å². The van der Waals surface area contributed by atoms with Crippen LogP contribution >= 0.6 is 0 Å². The Balaban J connectivity index is 3.05. The van der Waals surface area contributed by atoms with Crippen molar-refractivity contribution in [1.82, 2.24) is 0 Å². The third-order valence-corrected chi connectivity index (χ3v) is 5.27. The standard InChI is InChI=1S/C19H26O3S/c1-11(2)14-7-8-15-10-16(12(3)4)18(13(5)6)19(17(15)9-14)23(20,21)22/h7-13H,1-6H3,(H,20,21,22). The van der Waals surface area contributed by atoms with E-state index in [0.717, 1.165) is 22.1 Å². The SMILES string of the molecule is CC(C)c1ccc2cc(C(C)C)c(C(C)C)c(S(=O)(=O)O)c2c1. The van der Waals surface area contributed by atoms with Gasteiger partial charge in [-0.25, -0.2) is 0 Å². The lowest BCUT2D eigenvalue weighted by Crippen LogP contribution is -2.10. The van der Waals surface area contributed by atoms with Crippen LogP contribution in [0.15, 0.2) is 29.2 Å². The number of rotatable bonds is 4. The van der Waals surface area contributed by atoms with E-state index in [1.54, 1.807) is 0 Å². The van der Waals surface area contributed by atoms with Crippen LogP contribution in [0.2, 0.25) is 0 Å². The van der Waals surface area contributed by atoms with Gasteiger partial charge < -0.3 is 0 Å². The first-order valence-corrected chi connectivity index (χ1v) is 9.56. The van der Waals surface area contributed by atoms with E-state index in [4.69, 9.17) is 0 Å². The molecule has 1 N–H and O–H groups in total. The highest BCUT2D eigenvalue weighted by Gasteiger charge is 2.25. The zero-order valence-electron chi connectivity index (χ0n) is 14.7. The Hall–Kier alpha value is -1.39. The van der Waals surface area contributed by atoms with Crippen molar-refractivity contribution in [3.05, 3.63) is 41.0 Å². The second-order valence-corrected chi connectivity index (χ2v) is 8.49. The summed E-state index contributed by atoms with van der Waals surface area (Å²) in [4.78, 5) is 0.0798. The van der Waals surface area contributed by atoms with Gasteiger partial charge in [0.25, 0.3) is 10.1 Å². The summed E-state index contributed by atoms with van der Waals surface area (Å²) in [7, 11) is -4.30. The van der Waals surface area contributed by atoms with Gasteiger partial charge in [0.05, 0.1) is 0 Å². The van der Waals surface area contributed by atoms with Gasteiger partial charge in [-0.05, 0) is 45.9 Å². The Morgan fingerprint density at radius 1 is 0.870 bits per heavy atom. The molecule has 0 saturated heterocycles. The normalized spacial score (nSPS) is 12.8. The summed E-state index contributed by atoms with van der Waals surface area (Å²) < 4.78 is 34.3. The van der Waals surface area contributed by atoms with Gasteiger partial charge in [-0.2, -0.15) is 8.42 Å². The van der Waals surface area contributed by atoms with Gasteiger partial charge in [0.1, 0.15) is 4.90 Å². The van der Waals surface area contributed by atoms with E-state index in [-0.39, 0.29) is 16.7 Å². The molecule has 0 radical (unpaired) electrons. The fraction of sp³-hybridized carbons (Fsp3) is 0.474. The van der Waals surface area contributed by atoms with Crippen molar-refractivity contribution in [2.75, 3.05) is 0 Å². The Labute approximate surface area is 139 Å². The molecule has 0 atom stereocenters. The molecule has 0 heterocycles. The highest BCUT2D eigenvalue weighted by Crippen LogP contribution is 2.38. The van der Waals surface area contributed by atoms with Gasteiger partial charge in [-0.1, -0.05) is 59.7 Å². The second kappa shape index (κ2) is 6.25. The van der Waals surface area contributed by atoms with Gasteiger partial charge >= 0.3 is 0 Å². The van der Waals surface area contributed by atoms with E-state index in [9.17, 15) is 13.0 Å². The minimum absolute atomic E-state index is 0.0106. The van der Waals surface area contributed by atoms with Crippen LogP contribution in [0.3, 0.4) is 0 Å². The van der Waals surface area contributed by atoms with E-state index >= 15 is 0 Å². The van der Waals surface area contributed by atoms with E-state index < -0.39 is 10.1 Å². The molecule has 2 aromatic rings. The third kappa shape index (κ3) is 3.43. The maximum Gasteiger partial charge on any atom is 0.295 e. The monoisotopic (exact) mass is 334 g/mol. The number of hydrogen-bond donors (Lipinski definition) is 1. The average Bonchev–Trinajstić information content (AvgIpc) is 2.42. The highest BCUT2D eigenvalue weighted by molar-refractivity contribution is 7.86. The minimum Gasteiger partial charge on any atom is -0.282 e. The van der Waals surface area contributed by atoms with Crippen molar-refractivity contribution in [1.29, 1.82) is 0 Å². The lowest BCUT2D eigenvalue weighted by atomic mass is 9.87. The van der Waals surface area contributed by atoms with Crippen LogP contribution in [-0.4, -0.2) is 13.0 Å². The molecular formula is C19H26O3S. The summed E-state index contributed by atoms with van der Waals surface area (Å²) in [5.41, 5.74) is 2.78. The molecular weight excluding hydrogens is 308 g/mol. The topological polar surface area (TPSA) is 54.4 Å². The Morgan fingerprint density at radius 3 is 1.91 bits per heavy atom. The molecule has 4 heteroatoms. The molecule has 0 aliphatic heterocycles. The van der Waals surface area contributed by atoms with Crippen LogP contribution in [0.1, 0.15) is 76.0 Å². The van der Waals surface area contributed by atoms with Crippen molar-refractivity contribution in [2.45, 2.75) is 64.2 Å². The first-order chi connectivity index (χ1) is 10.5. The van der Waals surface area contributed by atoms with E-state index in [0.29, 0.717) is 11.3 Å². The van der Waals surface area contributed by atoms with Gasteiger partial charge in [-0.15, -0.1) is 0 Å². The van der Waals surface area contributed by atoms with Crippen LogP contribution in [0.4, 0.5) is 0 Å². The highest BCUT2D eigenvalue weighted by atomic mass is 32.2. The fourth-order valence-electron chi connectivity index (χ4n) is 3.13. The smallest absolute Gasteiger partial charge is 0.282 e. The van der Waals surface area contributed by atoms with Gasteiger partial charge in [0.2, 0.25) is 0 Å². The summed E-state index contributed by atoms with van der Waals surface area (Å²) in [6.45, 7) is 12.2. The van der Waals surface area contributed by atoms with Crippen LogP contribution in [-0.2, 0) is 10.1 Å².